The molecule has 0 aliphatic rings. The minimum atomic E-state index is -0.573. The van der Waals surface area contributed by atoms with Gasteiger partial charge in [-0.2, -0.15) is 0 Å². The van der Waals surface area contributed by atoms with Crippen LogP contribution in [0.25, 0.3) is 0 Å². The first-order chi connectivity index (χ1) is 8.21. The van der Waals surface area contributed by atoms with E-state index in [2.05, 4.69) is 5.32 Å². The van der Waals surface area contributed by atoms with Crippen molar-refractivity contribution in [3.63, 3.8) is 0 Å². The number of nitrogens with zero attached hydrogens (tertiary/aromatic N) is 1. The second kappa shape index (κ2) is 4.91. The first-order valence-corrected chi connectivity index (χ1v) is 5.32. The number of rotatable bonds is 5. The molecule has 0 unspecified atom stereocenters. The van der Waals surface area contributed by atoms with Gasteiger partial charge in [0.1, 0.15) is 0 Å². The van der Waals surface area contributed by atoms with Crippen LogP contribution in [-0.2, 0) is 4.79 Å². The molecule has 0 radical (unpaired) electrons. The lowest BCUT2D eigenvalue weighted by Crippen LogP contribution is -2.36. The molecular formula is C11H16N4O3. The summed E-state index contributed by atoms with van der Waals surface area (Å²) in [4.78, 5) is 20.9. The van der Waals surface area contributed by atoms with Crippen LogP contribution in [0.2, 0.25) is 0 Å². The van der Waals surface area contributed by atoms with Crippen LogP contribution in [0.5, 0.6) is 0 Å². The van der Waals surface area contributed by atoms with Crippen LogP contribution in [-0.4, -0.2) is 16.4 Å². The summed E-state index contributed by atoms with van der Waals surface area (Å²) >= 11 is 0. The summed E-state index contributed by atoms with van der Waals surface area (Å²) < 4.78 is 0. The number of nitrogen functional groups attached to an aromatic ring is 1. The maximum atomic E-state index is 10.9. The molecule has 7 nitrogen and oxygen atoms in total. The van der Waals surface area contributed by atoms with Crippen molar-refractivity contribution in [2.75, 3.05) is 11.1 Å². The lowest BCUT2D eigenvalue weighted by atomic mass is 9.99. The average molecular weight is 252 g/mol. The van der Waals surface area contributed by atoms with Gasteiger partial charge >= 0.3 is 0 Å². The maximum Gasteiger partial charge on any atom is 0.271 e. The highest BCUT2D eigenvalue weighted by Gasteiger charge is 2.21. The number of carbonyl (C=O) groups is 1. The number of hydrogen-bond donors (Lipinski definition) is 3. The Balaban J connectivity index is 2.92. The Morgan fingerprint density at radius 1 is 1.50 bits per heavy atom. The second-order valence-electron chi connectivity index (χ2n) is 4.68. The van der Waals surface area contributed by atoms with Gasteiger partial charge in [0.15, 0.2) is 0 Å². The molecule has 98 valence electrons. The molecule has 0 saturated carbocycles. The third-order valence-electron chi connectivity index (χ3n) is 2.34. The smallest absolute Gasteiger partial charge is 0.271 e. The average Bonchev–Trinajstić information content (AvgIpc) is 2.18. The number of amides is 1. The van der Waals surface area contributed by atoms with Crippen molar-refractivity contribution in [2.24, 2.45) is 5.73 Å². The lowest BCUT2D eigenvalue weighted by molar-refractivity contribution is -0.384. The van der Waals surface area contributed by atoms with E-state index in [9.17, 15) is 14.9 Å². The molecule has 0 heterocycles. The van der Waals surface area contributed by atoms with Crippen LogP contribution in [0.1, 0.15) is 20.3 Å². The maximum absolute atomic E-state index is 10.9. The zero-order valence-corrected chi connectivity index (χ0v) is 10.3. The molecule has 5 N–H and O–H groups in total. The summed E-state index contributed by atoms with van der Waals surface area (Å²) in [5.74, 6) is -0.437. The summed E-state index contributed by atoms with van der Waals surface area (Å²) in [6.45, 7) is 3.58. The van der Waals surface area contributed by atoms with Gasteiger partial charge in [0, 0.05) is 24.1 Å². The van der Waals surface area contributed by atoms with Gasteiger partial charge < -0.3 is 16.8 Å². The van der Waals surface area contributed by atoms with E-state index in [-0.39, 0.29) is 17.8 Å². The van der Waals surface area contributed by atoms with Crippen molar-refractivity contribution in [2.45, 2.75) is 25.8 Å². The molecule has 0 aromatic heterocycles. The molecule has 1 rings (SSSR count). The first-order valence-electron chi connectivity index (χ1n) is 5.32. The minimum absolute atomic E-state index is 0.0780. The molecule has 0 aliphatic heterocycles. The van der Waals surface area contributed by atoms with Crippen molar-refractivity contribution in [3.05, 3.63) is 28.3 Å². The number of hydrogen-bond acceptors (Lipinski definition) is 5. The van der Waals surface area contributed by atoms with E-state index in [1.165, 1.54) is 18.2 Å². The number of benzene rings is 1. The number of nitro groups is 1. The molecule has 0 bridgehead atoms. The largest absolute Gasteiger partial charge is 0.397 e. The summed E-state index contributed by atoms with van der Waals surface area (Å²) in [6, 6.07) is 4.12. The molecule has 1 aromatic rings. The number of non-ortho nitro benzene ring substituents is 1. The molecule has 0 spiro atoms. The Bertz CT molecular complexity index is 485. The number of primary amides is 1. The Hall–Kier alpha value is -2.31. The monoisotopic (exact) mass is 252 g/mol. The SMILES string of the molecule is CC(C)(CC(N)=O)Nc1ccc([N+](=O)[O-])cc1N. The van der Waals surface area contributed by atoms with Crippen molar-refractivity contribution >= 4 is 23.0 Å². The highest BCUT2D eigenvalue weighted by Crippen LogP contribution is 2.27. The Morgan fingerprint density at radius 2 is 2.11 bits per heavy atom. The topological polar surface area (TPSA) is 124 Å². The fourth-order valence-electron chi connectivity index (χ4n) is 1.62. The zero-order valence-electron chi connectivity index (χ0n) is 10.3. The molecule has 18 heavy (non-hydrogen) atoms. The minimum Gasteiger partial charge on any atom is -0.397 e. The van der Waals surface area contributed by atoms with Gasteiger partial charge in [-0.05, 0) is 19.9 Å². The van der Waals surface area contributed by atoms with Crippen molar-refractivity contribution in [3.8, 4) is 0 Å². The highest BCUT2D eigenvalue weighted by atomic mass is 16.6. The van der Waals surface area contributed by atoms with E-state index in [1.54, 1.807) is 13.8 Å². The van der Waals surface area contributed by atoms with E-state index >= 15 is 0 Å². The molecule has 1 amide bonds. The van der Waals surface area contributed by atoms with E-state index in [4.69, 9.17) is 11.5 Å². The predicted octanol–water partition coefficient (Wildman–Crippen LogP) is 1.24. The number of carbonyl (C=O) groups excluding carboxylic acids is 1. The summed E-state index contributed by atoms with van der Waals surface area (Å²) in [6.07, 6.45) is 0.128. The van der Waals surface area contributed by atoms with Gasteiger partial charge in [0.25, 0.3) is 5.69 Å². The summed E-state index contributed by atoms with van der Waals surface area (Å²) in [5.41, 5.74) is 11.0. The van der Waals surface area contributed by atoms with Gasteiger partial charge in [-0.3, -0.25) is 14.9 Å². The third-order valence-corrected chi connectivity index (χ3v) is 2.34. The fourth-order valence-corrected chi connectivity index (χ4v) is 1.62. The van der Waals surface area contributed by atoms with E-state index in [0.29, 0.717) is 5.69 Å². The Kier molecular flexibility index (Phi) is 3.75. The van der Waals surface area contributed by atoms with Gasteiger partial charge in [-0.1, -0.05) is 0 Å². The van der Waals surface area contributed by atoms with Gasteiger partial charge in [-0.15, -0.1) is 0 Å². The number of nitro benzene ring substituents is 1. The quantitative estimate of drug-likeness (QED) is 0.413. The van der Waals surface area contributed by atoms with Crippen LogP contribution in [0, 0.1) is 10.1 Å². The van der Waals surface area contributed by atoms with Crippen LogP contribution >= 0.6 is 0 Å². The summed E-state index contributed by atoms with van der Waals surface area (Å²) in [7, 11) is 0. The molecule has 0 atom stereocenters. The number of nitrogens with one attached hydrogen (secondary N) is 1. The van der Waals surface area contributed by atoms with Gasteiger partial charge in [-0.25, -0.2) is 0 Å². The third kappa shape index (κ3) is 3.62. The predicted molar refractivity (Wildman–Crippen MR) is 69.0 cm³/mol. The lowest BCUT2D eigenvalue weighted by Gasteiger charge is -2.26. The van der Waals surface area contributed by atoms with Crippen molar-refractivity contribution in [1.29, 1.82) is 0 Å². The number of anilines is 2. The molecule has 1 aromatic carbocycles. The molecule has 0 saturated heterocycles. The standard InChI is InChI=1S/C11H16N4O3/c1-11(2,6-10(13)16)14-9-4-3-7(15(17)18)5-8(9)12/h3-5,14H,6,12H2,1-2H3,(H2,13,16). The molecule has 0 aliphatic carbocycles. The van der Waals surface area contributed by atoms with E-state index < -0.39 is 16.4 Å². The Labute approximate surface area is 104 Å². The van der Waals surface area contributed by atoms with Crippen molar-refractivity contribution in [1.82, 2.24) is 0 Å². The first kappa shape index (κ1) is 13.8. The van der Waals surface area contributed by atoms with Gasteiger partial charge in [0.05, 0.1) is 16.3 Å². The van der Waals surface area contributed by atoms with E-state index in [0.717, 1.165) is 0 Å². The molecular weight excluding hydrogens is 236 g/mol. The van der Waals surface area contributed by atoms with E-state index in [1.807, 2.05) is 0 Å². The zero-order chi connectivity index (χ0) is 13.9. The van der Waals surface area contributed by atoms with Gasteiger partial charge in [0.2, 0.25) is 5.91 Å². The van der Waals surface area contributed by atoms with Crippen LogP contribution < -0.4 is 16.8 Å². The van der Waals surface area contributed by atoms with Crippen molar-refractivity contribution < 1.29 is 9.72 Å². The van der Waals surface area contributed by atoms with Crippen LogP contribution in [0.3, 0.4) is 0 Å². The highest BCUT2D eigenvalue weighted by molar-refractivity contribution is 5.77. The van der Waals surface area contributed by atoms with Crippen LogP contribution in [0.15, 0.2) is 18.2 Å². The second-order valence-corrected chi connectivity index (χ2v) is 4.68. The molecule has 7 heteroatoms. The number of nitrogens with two attached hydrogens (primary N) is 2. The summed E-state index contributed by atoms with van der Waals surface area (Å²) in [5, 5.41) is 13.6. The fraction of sp³-hybridized carbons (Fsp3) is 0.364. The molecule has 0 fully saturated rings. The normalized spacial score (nSPS) is 11.0. The Morgan fingerprint density at radius 3 is 2.56 bits per heavy atom. The van der Waals surface area contributed by atoms with Crippen LogP contribution in [0.4, 0.5) is 17.1 Å².